The predicted octanol–water partition coefficient (Wildman–Crippen LogP) is 3.97. The van der Waals surface area contributed by atoms with Gasteiger partial charge in [0.2, 0.25) is 10.0 Å². The van der Waals surface area contributed by atoms with Gasteiger partial charge in [-0.2, -0.15) is 0 Å². The molecule has 0 aliphatic rings. The molecule has 4 nitrogen and oxygen atoms in total. The van der Waals surface area contributed by atoms with Crippen LogP contribution >= 0.6 is 0 Å². The molecule has 2 aromatic carbocycles. The highest BCUT2D eigenvalue weighted by Gasteiger charge is 2.23. The Labute approximate surface area is 144 Å². The second kappa shape index (κ2) is 6.95. The normalized spacial score (nSPS) is 12.9. The number of ether oxygens (including phenoxy) is 1. The first-order valence-corrected chi connectivity index (χ1v) is 9.38. The van der Waals surface area contributed by atoms with E-state index in [1.54, 1.807) is 33.1 Å². The van der Waals surface area contributed by atoms with Crippen molar-refractivity contribution in [3.63, 3.8) is 0 Å². The van der Waals surface area contributed by atoms with Crippen LogP contribution in [0.25, 0.3) is 0 Å². The van der Waals surface area contributed by atoms with Crippen LogP contribution < -0.4 is 9.46 Å². The third-order valence-corrected chi connectivity index (χ3v) is 6.02. The maximum atomic E-state index is 12.9. The highest BCUT2D eigenvalue weighted by Crippen LogP contribution is 2.28. The summed E-state index contributed by atoms with van der Waals surface area (Å²) in [6.45, 7) is 9.43. The van der Waals surface area contributed by atoms with E-state index in [2.05, 4.69) is 4.72 Å². The van der Waals surface area contributed by atoms with Crippen molar-refractivity contribution < 1.29 is 13.2 Å². The van der Waals surface area contributed by atoms with Gasteiger partial charge in [0, 0.05) is 6.04 Å². The molecule has 130 valence electrons. The van der Waals surface area contributed by atoms with E-state index in [0.717, 1.165) is 16.7 Å². The lowest BCUT2D eigenvalue weighted by molar-refractivity contribution is 0.413. The Balaban J connectivity index is 2.40. The minimum atomic E-state index is -3.63. The second-order valence-electron chi connectivity index (χ2n) is 6.29. The van der Waals surface area contributed by atoms with Crippen LogP contribution in [0.1, 0.15) is 40.8 Å². The van der Waals surface area contributed by atoms with Crippen molar-refractivity contribution in [2.45, 2.75) is 45.6 Å². The quantitative estimate of drug-likeness (QED) is 0.890. The molecule has 0 saturated heterocycles. The van der Waals surface area contributed by atoms with Crippen molar-refractivity contribution >= 4 is 10.0 Å². The summed E-state index contributed by atoms with van der Waals surface area (Å²) in [6, 6.07) is 9.23. The molecular weight excluding hydrogens is 322 g/mol. The van der Waals surface area contributed by atoms with Crippen LogP contribution in [0.15, 0.2) is 35.2 Å². The van der Waals surface area contributed by atoms with Crippen molar-refractivity contribution in [3.05, 3.63) is 58.1 Å². The van der Waals surface area contributed by atoms with Crippen LogP contribution in [0.2, 0.25) is 0 Å². The zero-order valence-electron chi connectivity index (χ0n) is 15.1. The van der Waals surface area contributed by atoms with Gasteiger partial charge < -0.3 is 4.74 Å². The molecule has 2 rings (SSSR count). The zero-order chi connectivity index (χ0) is 18.1. The summed E-state index contributed by atoms with van der Waals surface area (Å²) in [5.41, 5.74) is 4.51. The average molecular weight is 347 g/mol. The van der Waals surface area contributed by atoms with Gasteiger partial charge in [-0.3, -0.25) is 0 Å². The van der Waals surface area contributed by atoms with Crippen molar-refractivity contribution in [2.75, 3.05) is 7.11 Å². The monoisotopic (exact) mass is 347 g/mol. The van der Waals surface area contributed by atoms with E-state index in [-0.39, 0.29) is 6.04 Å². The number of rotatable bonds is 5. The summed E-state index contributed by atoms with van der Waals surface area (Å²) in [5.74, 6) is 0.659. The van der Waals surface area contributed by atoms with Gasteiger partial charge in [0.25, 0.3) is 0 Å². The van der Waals surface area contributed by atoms with E-state index < -0.39 is 10.0 Å². The highest BCUT2D eigenvalue weighted by molar-refractivity contribution is 7.89. The first kappa shape index (κ1) is 18.5. The van der Waals surface area contributed by atoms with Gasteiger partial charge in [0.15, 0.2) is 0 Å². The zero-order valence-corrected chi connectivity index (χ0v) is 15.9. The van der Waals surface area contributed by atoms with Gasteiger partial charge in [-0.05, 0) is 69.0 Å². The van der Waals surface area contributed by atoms with Gasteiger partial charge >= 0.3 is 0 Å². The van der Waals surface area contributed by atoms with Crippen LogP contribution in [-0.2, 0) is 10.0 Å². The fourth-order valence-electron chi connectivity index (χ4n) is 3.03. The second-order valence-corrected chi connectivity index (χ2v) is 7.94. The summed E-state index contributed by atoms with van der Waals surface area (Å²) in [5, 5.41) is 0. The number of sulfonamides is 1. The van der Waals surface area contributed by atoms with E-state index in [9.17, 15) is 8.42 Å². The number of aryl methyl sites for hydroxylation is 4. The molecule has 0 aliphatic carbocycles. The van der Waals surface area contributed by atoms with E-state index in [1.807, 2.05) is 39.0 Å². The summed E-state index contributed by atoms with van der Waals surface area (Å²) in [6.07, 6.45) is 0. The number of hydrogen-bond acceptors (Lipinski definition) is 3. The molecule has 0 saturated carbocycles. The summed E-state index contributed by atoms with van der Waals surface area (Å²) < 4.78 is 33.8. The topological polar surface area (TPSA) is 55.4 Å². The van der Waals surface area contributed by atoms with Crippen LogP contribution in [0, 0.1) is 27.7 Å². The van der Waals surface area contributed by atoms with Crippen molar-refractivity contribution in [1.29, 1.82) is 0 Å². The maximum Gasteiger partial charge on any atom is 0.241 e. The largest absolute Gasteiger partial charge is 0.497 e. The molecule has 1 atom stereocenters. The first-order valence-electron chi connectivity index (χ1n) is 7.90. The number of hydrogen-bond donors (Lipinski definition) is 1. The van der Waals surface area contributed by atoms with E-state index >= 15 is 0 Å². The Bertz CT molecular complexity index is 834. The summed E-state index contributed by atoms with van der Waals surface area (Å²) >= 11 is 0. The average Bonchev–Trinajstić information content (AvgIpc) is 2.47. The molecule has 1 N–H and O–H groups in total. The van der Waals surface area contributed by atoms with Gasteiger partial charge in [-0.25, -0.2) is 13.1 Å². The van der Waals surface area contributed by atoms with Gasteiger partial charge in [-0.15, -0.1) is 0 Å². The summed E-state index contributed by atoms with van der Waals surface area (Å²) in [4.78, 5) is 0.320. The molecule has 0 spiro atoms. The molecule has 24 heavy (non-hydrogen) atoms. The first-order chi connectivity index (χ1) is 11.2. The van der Waals surface area contributed by atoms with Gasteiger partial charge in [-0.1, -0.05) is 23.8 Å². The molecule has 1 unspecified atom stereocenters. The van der Waals surface area contributed by atoms with Crippen molar-refractivity contribution in [1.82, 2.24) is 4.72 Å². The Kier molecular flexibility index (Phi) is 5.35. The Morgan fingerprint density at radius 2 is 1.54 bits per heavy atom. The number of methoxy groups -OCH3 is 1. The molecule has 5 heteroatoms. The minimum absolute atomic E-state index is 0.309. The summed E-state index contributed by atoms with van der Waals surface area (Å²) in [7, 11) is -2.06. The van der Waals surface area contributed by atoms with Gasteiger partial charge in [0.05, 0.1) is 12.0 Å². The van der Waals surface area contributed by atoms with E-state index in [1.165, 1.54) is 0 Å². The van der Waals surface area contributed by atoms with Crippen LogP contribution in [0.5, 0.6) is 5.75 Å². The van der Waals surface area contributed by atoms with Crippen LogP contribution in [-0.4, -0.2) is 15.5 Å². The maximum absolute atomic E-state index is 12.9. The SMILES string of the molecule is COc1cc(C)c(S(=O)(=O)NC(C)c2cc(C)ccc2C)c(C)c1. The van der Waals surface area contributed by atoms with Crippen molar-refractivity contribution in [3.8, 4) is 5.75 Å². The Morgan fingerprint density at radius 3 is 2.08 bits per heavy atom. The lowest BCUT2D eigenvalue weighted by Gasteiger charge is -2.19. The smallest absolute Gasteiger partial charge is 0.241 e. The Morgan fingerprint density at radius 1 is 0.958 bits per heavy atom. The molecule has 2 aromatic rings. The number of nitrogens with one attached hydrogen (secondary N) is 1. The minimum Gasteiger partial charge on any atom is -0.497 e. The molecule has 0 aromatic heterocycles. The molecule has 0 heterocycles. The molecular formula is C19H25NO3S. The van der Waals surface area contributed by atoms with Gasteiger partial charge in [0.1, 0.15) is 5.75 Å². The van der Waals surface area contributed by atoms with Crippen LogP contribution in [0.4, 0.5) is 0 Å². The van der Waals surface area contributed by atoms with Crippen molar-refractivity contribution in [2.24, 2.45) is 0 Å². The lowest BCUT2D eigenvalue weighted by atomic mass is 10.0. The fourth-order valence-corrected chi connectivity index (χ4v) is 4.71. The highest BCUT2D eigenvalue weighted by atomic mass is 32.2. The molecule has 0 amide bonds. The third-order valence-electron chi connectivity index (χ3n) is 4.17. The molecule has 0 bridgehead atoms. The van der Waals surface area contributed by atoms with E-state index in [0.29, 0.717) is 21.8 Å². The van der Waals surface area contributed by atoms with Crippen LogP contribution in [0.3, 0.4) is 0 Å². The molecule has 0 radical (unpaired) electrons. The predicted molar refractivity (Wildman–Crippen MR) is 97.1 cm³/mol. The standard InChI is InChI=1S/C19H25NO3S/c1-12-7-8-13(2)18(9-12)16(5)20-24(21,22)19-14(3)10-17(23-6)11-15(19)4/h7-11,16,20H,1-6H3. The molecule has 0 aliphatic heterocycles. The lowest BCUT2D eigenvalue weighted by Crippen LogP contribution is -2.28. The number of benzene rings is 2. The fraction of sp³-hybridized carbons (Fsp3) is 0.368. The Hall–Kier alpha value is -1.85. The van der Waals surface area contributed by atoms with E-state index in [4.69, 9.17) is 4.74 Å². The third kappa shape index (κ3) is 3.79. The molecule has 0 fully saturated rings.